The maximum Gasteiger partial charge on any atom is 0.349 e. The third kappa shape index (κ3) is 5.35. The summed E-state index contributed by atoms with van der Waals surface area (Å²) in [4.78, 5) is 29.3. The third-order valence-corrected chi connectivity index (χ3v) is 6.39. The molecule has 1 heterocycles. The number of benzene rings is 2. The number of amides is 2. The van der Waals surface area contributed by atoms with E-state index in [1.807, 2.05) is 60.0 Å². The zero-order valence-corrected chi connectivity index (χ0v) is 22.1. The van der Waals surface area contributed by atoms with Gasteiger partial charge in [0.05, 0.1) is 18.7 Å². The molecule has 33 heavy (non-hydrogen) atoms. The van der Waals surface area contributed by atoms with E-state index in [0.29, 0.717) is 25.4 Å². The van der Waals surface area contributed by atoms with Gasteiger partial charge in [0.15, 0.2) is 5.60 Å². The topological polar surface area (TPSA) is 59.1 Å². The molecule has 0 atom stereocenters. The summed E-state index contributed by atoms with van der Waals surface area (Å²) in [6, 6.07) is 11.8. The van der Waals surface area contributed by atoms with Crippen molar-refractivity contribution in [1.82, 2.24) is 4.90 Å². The molecule has 2 aromatic rings. The number of aryl methyl sites for hydroxylation is 2. The summed E-state index contributed by atoms with van der Waals surface area (Å²) in [5.74, 6) is 0.269. The summed E-state index contributed by atoms with van der Waals surface area (Å²) in [6.45, 7) is 14.7. The van der Waals surface area contributed by atoms with E-state index in [9.17, 15) is 9.59 Å². The molecule has 0 N–H and O–H groups in total. The lowest BCUT2D eigenvalue weighted by Gasteiger charge is -2.30. The minimum atomic E-state index is -1.09. The molecule has 2 amide bonds. The molecule has 178 valence electrons. The fourth-order valence-electron chi connectivity index (χ4n) is 4.13. The van der Waals surface area contributed by atoms with E-state index in [4.69, 9.17) is 9.47 Å². The quantitative estimate of drug-likeness (QED) is 0.423. The number of rotatable bonds is 7. The Morgan fingerprint density at radius 1 is 1.12 bits per heavy atom. The molecule has 1 fully saturated rings. The molecular weight excluding hydrogens is 484 g/mol. The van der Waals surface area contributed by atoms with Crippen molar-refractivity contribution in [3.8, 4) is 5.75 Å². The molecule has 0 aliphatic carbocycles. The zero-order valence-electron chi connectivity index (χ0n) is 20.5. The first-order valence-corrected chi connectivity index (χ1v) is 12.0. The van der Waals surface area contributed by atoms with Crippen molar-refractivity contribution in [2.45, 2.75) is 66.2 Å². The van der Waals surface area contributed by atoms with Gasteiger partial charge < -0.3 is 14.4 Å². The Kier molecular flexibility index (Phi) is 7.13. The molecule has 6 nitrogen and oxygen atoms in total. The lowest BCUT2D eigenvalue weighted by Crippen LogP contribution is -2.41. The first-order valence-electron chi connectivity index (χ1n) is 11.2. The van der Waals surface area contributed by atoms with Crippen LogP contribution in [-0.4, -0.2) is 41.2 Å². The maximum absolute atomic E-state index is 13.3. The largest absolute Gasteiger partial charge is 0.476 e. The van der Waals surface area contributed by atoms with Gasteiger partial charge in [0.25, 0.3) is 0 Å². The monoisotopic (exact) mass is 516 g/mol. The minimum absolute atomic E-state index is 0.0126. The van der Waals surface area contributed by atoms with Gasteiger partial charge in [-0.1, -0.05) is 28.1 Å². The number of esters is 1. The third-order valence-electron chi connectivity index (χ3n) is 5.86. The molecule has 1 aliphatic heterocycles. The highest BCUT2D eigenvalue weighted by Gasteiger charge is 2.43. The van der Waals surface area contributed by atoms with Crippen molar-refractivity contribution >= 4 is 33.6 Å². The summed E-state index contributed by atoms with van der Waals surface area (Å²) in [5.41, 5.74) is 2.31. The van der Waals surface area contributed by atoms with Crippen molar-refractivity contribution < 1.29 is 19.1 Å². The van der Waals surface area contributed by atoms with E-state index in [0.717, 1.165) is 26.9 Å². The Labute approximate surface area is 205 Å². The second-order valence-electron chi connectivity index (χ2n) is 9.64. The van der Waals surface area contributed by atoms with E-state index in [-0.39, 0.29) is 11.6 Å². The van der Waals surface area contributed by atoms with Crippen LogP contribution >= 0.6 is 15.9 Å². The van der Waals surface area contributed by atoms with Crippen molar-refractivity contribution in [2.24, 2.45) is 0 Å². The molecule has 0 spiro atoms. The Bertz CT molecular complexity index is 1020. The van der Waals surface area contributed by atoms with Crippen LogP contribution in [0.3, 0.4) is 0 Å². The fourth-order valence-corrected chi connectivity index (χ4v) is 4.39. The molecule has 0 aromatic heterocycles. The first-order chi connectivity index (χ1) is 15.4. The molecule has 1 aliphatic rings. The van der Waals surface area contributed by atoms with Crippen molar-refractivity contribution in [3.05, 3.63) is 57.6 Å². The van der Waals surface area contributed by atoms with Crippen LogP contribution in [0.5, 0.6) is 5.75 Å². The normalized spacial score (nSPS) is 15.7. The summed E-state index contributed by atoms with van der Waals surface area (Å²) >= 11 is 3.45. The average molecular weight is 517 g/mol. The van der Waals surface area contributed by atoms with Crippen LogP contribution in [0, 0.1) is 13.8 Å². The summed E-state index contributed by atoms with van der Waals surface area (Å²) < 4.78 is 12.2. The lowest BCUT2D eigenvalue weighted by atomic mass is 10.0. The SMILES string of the molecule is CCOC(=O)C(C)(C)Oc1c(C)cc(CN2C(=O)N(c3ccc(Br)cc3)CC2(C)C)cc1C. The van der Waals surface area contributed by atoms with Crippen LogP contribution in [0.1, 0.15) is 51.3 Å². The number of hydrogen-bond acceptors (Lipinski definition) is 4. The predicted molar refractivity (Wildman–Crippen MR) is 134 cm³/mol. The second-order valence-corrected chi connectivity index (χ2v) is 10.6. The molecule has 0 bridgehead atoms. The number of anilines is 1. The molecule has 3 rings (SSSR count). The van der Waals surface area contributed by atoms with Gasteiger partial charge in [-0.05, 0) is 89.4 Å². The number of carbonyl (C=O) groups is 2. The van der Waals surface area contributed by atoms with Gasteiger partial charge in [-0.2, -0.15) is 0 Å². The lowest BCUT2D eigenvalue weighted by molar-refractivity contribution is -0.158. The number of urea groups is 1. The molecular formula is C26H33BrN2O4. The van der Waals surface area contributed by atoms with Crippen LogP contribution in [-0.2, 0) is 16.1 Å². The summed E-state index contributed by atoms with van der Waals surface area (Å²) in [7, 11) is 0. The Hall–Kier alpha value is -2.54. The highest BCUT2D eigenvalue weighted by Crippen LogP contribution is 2.34. The van der Waals surface area contributed by atoms with Crippen molar-refractivity contribution in [3.63, 3.8) is 0 Å². The Morgan fingerprint density at radius 3 is 2.24 bits per heavy atom. The van der Waals surface area contributed by atoms with E-state index in [2.05, 4.69) is 29.8 Å². The van der Waals surface area contributed by atoms with Crippen LogP contribution in [0.15, 0.2) is 40.9 Å². The van der Waals surface area contributed by atoms with Crippen LogP contribution in [0.25, 0.3) is 0 Å². The molecule has 0 radical (unpaired) electrons. The van der Waals surface area contributed by atoms with Gasteiger partial charge in [-0.25, -0.2) is 9.59 Å². The molecule has 0 saturated carbocycles. The summed E-state index contributed by atoms with van der Waals surface area (Å²) in [5, 5.41) is 0. The molecule has 2 aromatic carbocycles. The second kappa shape index (κ2) is 9.37. The van der Waals surface area contributed by atoms with Gasteiger partial charge in [0.1, 0.15) is 5.75 Å². The Balaban J connectivity index is 1.82. The zero-order chi connectivity index (χ0) is 24.6. The van der Waals surface area contributed by atoms with Gasteiger partial charge in [0, 0.05) is 16.7 Å². The minimum Gasteiger partial charge on any atom is -0.476 e. The molecule has 0 unspecified atom stereocenters. The van der Waals surface area contributed by atoms with Crippen LogP contribution in [0.2, 0.25) is 0 Å². The van der Waals surface area contributed by atoms with Crippen molar-refractivity contribution in [1.29, 1.82) is 0 Å². The maximum atomic E-state index is 13.3. The van der Waals surface area contributed by atoms with Gasteiger partial charge in [-0.15, -0.1) is 0 Å². The molecule has 1 saturated heterocycles. The number of nitrogens with zero attached hydrogens (tertiary/aromatic N) is 2. The van der Waals surface area contributed by atoms with Gasteiger partial charge in [-0.3, -0.25) is 4.90 Å². The van der Waals surface area contributed by atoms with Crippen LogP contribution in [0.4, 0.5) is 10.5 Å². The number of halogens is 1. The highest BCUT2D eigenvalue weighted by atomic mass is 79.9. The van der Waals surface area contributed by atoms with Crippen LogP contribution < -0.4 is 9.64 Å². The number of ether oxygens (including phenoxy) is 2. The molecule has 7 heteroatoms. The average Bonchev–Trinajstić information content (AvgIpc) is 2.95. The number of carbonyl (C=O) groups excluding carboxylic acids is 2. The highest BCUT2D eigenvalue weighted by molar-refractivity contribution is 9.10. The first kappa shape index (κ1) is 25.1. The summed E-state index contributed by atoms with van der Waals surface area (Å²) in [6.07, 6.45) is 0. The predicted octanol–water partition coefficient (Wildman–Crippen LogP) is 6.01. The van der Waals surface area contributed by atoms with Crippen molar-refractivity contribution in [2.75, 3.05) is 18.1 Å². The van der Waals surface area contributed by atoms with E-state index >= 15 is 0 Å². The fraction of sp³-hybridized carbons (Fsp3) is 0.462. The number of hydrogen-bond donors (Lipinski definition) is 0. The standard InChI is InChI=1S/C26H33BrN2O4/c1-8-32-23(30)26(6,7)33-22-17(2)13-19(14-18(22)3)15-29-24(31)28(16-25(29,4)5)21-11-9-20(27)10-12-21/h9-14H,8,15-16H2,1-7H3. The van der Waals surface area contributed by atoms with Gasteiger partial charge >= 0.3 is 12.0 Å². The van der Waals surface area contributed by atoms with E-state index < -0.39 is 11.6 Å². The van der Waals surface area contributed by atoms with E-state index in [1.165, 1.54) is 0 Å². The Morgan fingerprint density at radius 2 is 1.70 bits per heavy atom. The smallest absolute Gasteiger partial charge is 0.349 e. The van der Waals surface area contributed by atoms with E-state index in [1.54, 1.807) is 20.8 Å². The van der Waals surface area contributed by atoms with Gasteiger partial charge in [0.2, 0.25) is 0 Å².